The van der Waals surface area contributed by atoms with Gasteiger partial charge in [-0.25, -0.2) is 9.97 Å². The number of fused-ring (bicyclic) bond motifs is 2. The fourth-order valence-corrected chi connectivity index (χ4v) is 4.17. The number of likely N-dealkylation sites (tertiary alicyclic amines) is 1. The standard InChI is InChI=1S/C21H23N7O/c1-13-20-24-16(18-5-4-8-26(18)2)11-28(20)12-19(23-13)25-21(29)14-6-7-17-15(9-14)10-22-27(17)3/h6-7,9-12,18H,4-5,8H2,1-3H3,(H,25,29)/t18-/m1/s1. The number of aryl methyl sites for hydroxylation is 2. The smallest absolute Gasteiger partial charge is 0.256 e. The van der Waals surface area contributed by atoms with Gasteiger partial charge >= 0.3 is 0 Å². The Balaban J connectivity index is 1.44. The van der Waals surface area contributed by atoms with Gasteiger partial charge in [0.1, 0.15) is 5.82 Å². The summed E-state index contributed by atoms with van der Waals surface area (Å²) in [6.45, 7) is 3.01. The number of anilines is 1. The van der Waals surface area contributed by atoms with Gasteiger partial charge < -0.3 is 9.72 Å². The highest BCUT2D eigenvalue weighted by Crippen LogP contribution is 2.30. The Morgan fingerprint density at radius 1 is 1.21 bits per heavy atom. The highest BCUT2D eigenvalue weighted by Gasteiger charge is 2.25. The molecule has 0 radical (unpaired) electrons. The van der Waals surface area contributed by atoms with E-state index >= 15 is 0 Å². The summed E-state index contributed by atoms with van der Waals surface area (Å²) < 4.78 is 3.75. The average molecular weight is 389 g/mol. The monoisotopic (exact) mass is 389 g/mol. The van der Waals surface area contributed by atoms with Crippen molar-refractivity contribution in [2.45, 2.75) is 25.8 Å². The lowest BCUT2D eigenvalue weighted by molar-refractivity contribution is 0.102. The lowest BCUT2D eigenvalue weighted by atomic mass is 10.1. The summed E-state index contributed by atoms with van der Waals surface area (Å²) in [6.07, 6.45) is 7.94. The third kappa shape index (κ3) is 3.05. The molecule has 29 heavy (non-hydrogen) atoms. The van der Waals surface area contributed by atoms with Crippen molar-refractivity contribution in [3.05, 3.63) is 53.7 Å². The second-order valence-corrected chi connectivity index (χ2v) is 7.74. The summed E-state index contributed by atoms with van der Waals surface area (Å²) in [5, 5.41) is 8.07. The minimum absolute atomic E-state index is 0.196. The van der Waals surface area contributed by atoms with Crippen LogP contribution in [0.2, 0.25) is 0 Å². The third-order valence-electron chi connectivity index (χ3n) is 5.74. The number of nitrogens with one attached hydrogen (secondary N) is 1. The molecular formula is C21H23N7O. The van der Waals surface area contributed by atoms with Crippen molar-refractivity contribution in [1.29, 1.82) is 0 Å². The Kier molecular flexibility index (Phi) is 4.09. The van der Waals surface area contributed by atoms with Gasteiger partial charge in [0.2, 0.25) is 0 Å². The van der Waals surface area contributed by atoms with Crippen molar-refractivity contribution in [3.63, 3.8) is 0 Å². The maximum Gasteiger partial charge on any atom is 0.256 e. The molecule has 4 aromatic rings. The first kappa shape index (κ1) is 17.8. The van der Waals surface area contributed by atoms with Gasteiger partial charge in [-0.05, 0) is 51.6 Å². The zero-order chi connectivity index (χ0) is 20.1. The summed E-state index contributed by atoms with van der Waals surface area (Å²) >= 11 is 0. The Hall–Kier alpha value is -3.26. The molecule has 1 aliphatic rings. The summed E-state index contributed by atoms with van der Waals surface area (Å²) in [6, 6.07) is 5.89. The molecule has 1 saturated heterocycles. The summed E-state index contributed by atoms with van der Waals surface area (Å²) in [7, 11) is 4.02. The predicted octanol–water partition coefficient (Wildman–Crippen LogP) is 2.94. The molecule has 1 N–H and O–H groups in total. The van der Waals surface area contributed by atoms with Gasteiger partial charge in [-0.3, -0.25) is 14.4 Å². The van der Waals surface area contributed by atoms with Crippen LogP contribution in [0.5, 0.6) is 0 Å². The lowest BCUT2D eigenvalue weighted by Crippen LogP contribution is -2.17. The molecule has 0 saturated carbocycles. The minimum atomic E-state index is -0.196. The largest absolute Gasteiger partial charge is 0.305 e. The highest BCUT2D eigenvalue weighted by atomic mass is 16.1. The molecule has 1 aromatic carbocycles. The molecule has 0 bridgehead atoms. The van der Waals surface area contributed by atoms with E-state index in [-0.39, 0.29) is 5.91 Å². The zero-order valence-electron chi connectivity index (χ0n) is 16.8. The van der Waals surface area contributed by atoms with E-state index in [2.05, 4.69) is 27.3 Å². The number of rotatable bonds is 3. The molecule has 0 aliphatic carbocycles. The number of imidazole rings is 1. The first-order chi connectivity index (χ1) is 14.0. The van der Waals surface area contributed by atoms with E-state index in [4.69, 9.17) is 4.98 Å². The van der Waals surface area contributed by atoms with Gasteiger partial charge in [0.05, 0.1) is 35.3 Å². The van der Waals surface area contributed by atoms with Gasteiger partial charge in [0, 0.05) is 24.2 Å². The molecule has 148 valence electrons. The normalized spacial score (nSPS) is 17.4. The van der Waals surface area contributed by atoms with Crippen LogP contribution in [0.3, 0.4) is 0 Å². The summed E-state index contributed by atoms with van der Waals surface area (Å²) in [4.78, 5) is 24.4. The number of nitrogens with zero attached hydrogens (tertiary/aromatic N) is 6. The number of aromatic nitrogens is 5. The van der Waals surface area contributed by atoms with Crippen molar-refractivity contribution < 1.29 is 4.79 Å². The average Bonchev–Trinajstić information content (AvgIpc) is 3.40. The van der Waals surface area contributed by atoms with Crippen LogP contribution in [0.4, 0.5) is 5.82 Å². The van der Waals surface area contributed by atoms with E-state index < -0.39 is 0 Å². The Labute approximate surface area is 168 Å². The van der Waals surface area contributed by atoms with Crippen LogP contribution in [0.15, 0.2) is 36.8 Å². The van der Waals surface area contributed by atoms with Crippen molar-refractivity contribution in [2.24, 2.45) is 7.05 Å². The first-order valence-corrected chi connectivity index (χ1v) is 9.79. The molecule has 8 heteroatoms. The SMILES string of the molecule is Cc1nc(NC(=O)c2ccc3c(cnn3C)c2)cn2cc([C@H]3CCCN3C)nc12. The van der Waals surface area contributed by atoms with Crippen molar-refractivity contribution in [1.82, 2.24) is 29.0 Å². The predicted molar refractivity (Wildman–Crippen MR) is 111 cm³/mol. The van der Waals surface area contributed by atoms with Gasteiger partial charge in [-0.1, -0.05) is 0 Å². The lowest BCUT2D eigenvalue weighted by Gasteiger charge is -2.16. The molecule has 0 spiro atoms. The second-order valence-electron chi connectivity index (χ2n) is 7.74. The molecule has 5 rings (SSSR count). The fourth-order valence-electron chi connectivity index (χ4n) is 4.17. The van der Waals surface area contributed by atoms with E-state index in [1.807, 2.05) is 42.9 Å². The summed E-state index contributed by atoms with van der Waals surface area (Å²) in [5.74, 6) is 0.313. The highest BCUT2D eigenvalue weighted by molar-refractivity contribution is 6.05. The first-order valence-electron chi connectivity index (χ1n) is 9.79. The number of carbonyl (C=O) groups is 1. The molecular weight excluding hydrogens is 366 g/mol. The van der Waals surface area contributed by atoms with Crippen LogP contribution >= 0.6 is 0 Å². The second kappa shape index (κ2) is 6.66. The zero-order valence-corrected chi connectivity index (χ0v) is 16.8. The third-order valence-corrected chi connectivity index (χ3v) is 5.74. The maximum absolute atomic E-state index is 12.8. The van der Waals surface area contributed by atoms with Crippen LogP contribution in [0.1, 0.15) is 40.6 Å². The van der Waals surface area contributed by atoms with Crippen molar-refractivity contribution in [3.8, 4) is 0 Å². The van der Waals surface area contributed by atoms with E-state index in [1.54, 1.807) is 16.9 Å². The Morgan fingerprint density at radius 2 is 2.07 bits per heavy atom. The molecule has 8 nitrogen and oxygen atoms in total. The number of benzene rings is 1. The van der Waals surface area contributed by atoms with Gasteiger partial charge in [0.25, 0.3) is 5.91 Å². The topological polar surface area (TPSA) is 80.3 Å². The van der Waals surface area contributed by atoms with Crippen molar-refractivity contribution >= 4 is 28.3 Å². The van der Waals surface area contributed by atoms with Crippen molar-refractivity contribution in [2.75, 3.05) is 18.9 Å². The maximum atomic E-state index is 12.8. The van der Waals surface area contributed by atoms with Gasteiger partial charge in [-0.2, -0.15) is 5.10 Å². The van der Waals surface area contributed by atoms with Gasteiger partial charge in [0.15, 0.2) is 5.65 Å². The molecule has 1 atom stereocenters. The van der Waals surface area contributed by atoms with E-state index in [1.165, 1.54) is 6.42 Å². The molecule has 4 heterocycles. The molecule has 1 aliphatic heterocycles. The fraction of sp³-hybridized carbons (Fsp3) is 0.333. The molecule has 3 aromatic heterocycles. The van der Waals surface area contributed by atoms with Crippen LogP contribution in [0, 0.1) is 6.92 Å². The number of carbonyl (C=O) groups excluding carboxylic acids is 1. The van der Waals surface area contributed by atoms with Crippen LogP contribution in [-0.2, 0) is 7.05 Å². The Morgan fingerprint density at radius 3 is 2.86 bits per heavy atom. The Bertz CT molecular complexity index is 1240. The summed E-state index contributed by atoms with van der Waals surface area (Å²) in [5.41, 5.74) is 4.23. The number of hydrogen-bond donors (Lipinski definition) is 1. The number of amides is 1. The van der Waals surface area contributed by atoms with Crippen LogP contribution in [-0.4, -0.2) is 48.5 Å². The number of hydrogen-bond acceptors (Lipinski definition) is 5. The van der Waals surface area contributed by atoms with E-state index in [0.29, 0.717) is 17.4 Å². The molecule has 1 amide bonds. The van der Waals surface area contributed by atoms with E-state index in [9.17, 15) is 4.79 Å². The van der Waals surface area contributed by atoms with Gasteiger partial charge in [-0.15, -0.1) is 0 Å². The van der Waals surface area contributed by atoms with Crippen LogP contribution in [0.25, 0.3) is 16.6 Å². The van der Waals surface area contributed by atoms with Crippen LogP contribution < -0.4 is 5.32 Å². The minimum Gasteiger partial charge on any atom is -0.305 e. The molecule has 1 fully saturated rings. The molecule has 0 unspecified atom stereocenters. The van der Waals surface area contributed by atoms with E-state index in [0.717, 1.165) is 40.9 Å². The quantitative estimate of drug-likeness (QED) is 0.583.